The fourth-order valence-corrected chi connectivity index (χ4v) is 4.28. The third kappa shape index (κ3) is 3.83. The highest BCUT2D eigenvalue weighted by molar-refractivity contribution is 6.35. The molecular weight excluding hydrogens is 453 g/mol. The Balaban J connectivity index is 1.36. The Hall–Kier alpha value is -3.36. The van der Waals surface area contributed by atoms with Crippen LogP contribution >= 0.6 is 23.2 Å². The fourth-order valence-electron chi connectivity index (χ4n) is 3.75. The van der Waals surface area contributed by atoms with E-state index in [1.54, 1.807) is 63.0 Å². The number of piperazine rings is 1. The van der Waals surface area contributed by atoms with Gasteiger partial charge in [-0.05, 0) is 36.4 Å². The molecule has 10 heteroatoms. The number of carbonyl (C=O) groups excluding carboxylic acids is 2. The summed E-state index contributed by atoms with van der Waals surface area (Å²) < 4.78 is 6.78. The summed E-state index contributed by atoms with van der Waals surface area (Å²) in [7, 11) is 0. The summed E-state index contributed by atoms with van der Waals surface area (Å²) in [6.45, 7) is 1.65. The number of amides is 2. The van der Waals surface area contributed by atoms with Gasteiger partial charge in [-0.1, -0.05) is 23.2 Å². The predicted octanol–water partition coefficient (Wildman–Crippen LogP) is 3.89. The van der Waals surface area contributed by atoms with Crippen LogP contribution in [0.2, 0.25) is 10.0 Å². The lowest BCUT2D eigenvalue weighted by atomic mass is 10.1. The van der Waals surface area contributed by atoms with Crippen LogP contribution in [-0.4, -0.2) is 62.4 Å². The second-order valence-corrected chi connectivity index (χ2v) is 8.22. The number of hydrogen-bond donors (Lipinski definition) is 0. The molecule has 3 aromatic heterocycles. The zero-order valence-corrected chi connectivity index (χ0v) is 18.3. The van der Waals surface area contributed by atoms with Crippen molar-refractivity contribution < 1.29 is 14.0 Å². The summed E-state index contributed by atoms with van der Waals surface area (Å²) in [5, 5.41) is 5.50. The molecule has 2 amide bonds. The van der Waals surface area contributed by atoms with Crippen molar-refractivity contribution in [2.75, 3.05) is 26.2 Å². The van der Waals surface area contributed by atoms with Crippen molar-refractivity contribution >= 4 is 40.7 Å². The molecule has 162 valence electrons. The van der Waals surface area contributed by atoms with Gasteiger partial charge in [-0.15, -0.1) is 0 Å². The van der Waals surface area contributed by atoms with Gasteiger partial charge in [0.2, 0.25) is 0 Å². The van der Waals surface area contributed by atoms with E-state index in [0.29, 0.717) is 53.3 Å². The predicted molar refractivity (Wildman–Crippen MR) is 119 cm³/mol. The Morgan fingerprint density at radius 1 is 0.906 bits per heavy atom. The van der Waals surface area contributed by atoms with E-state index in [2.05, 4.69) is 10.1 Å². The molecule has 4 aromatic rings. The van der Waals surface area contributed by atoms with Gasteiger partial charge in [-0.2, -0.15) is 5.10 Å². The monoisotopic (exact) mass is 469 g/mol. The normalized spacial score (nSPS) is 14.2. The van der Waals surface area contributed by atoms with Gasteiger partial charge in [0, 0.05) is 54.1 Å². The van der Waals surface area contributed by atoms with Crippen LogP contribution in [0.3, 0.4) is 0 Å². The number of furan rings is 1. The van der Waals surface area contributed by atoms with Crippen LogP contribution in [0.4, 0.5) is 0 Å². The minimum atomic E-state index is -0.212. The van der Waals surface area contributed by atoms with Crippen LogP contribution in [0.5, 0.6) is 0 Å². The molecule has 0 bridgehead atoms. The highest BCUT2D eigenvalue weighted by Crippen LogP contribution is 2.27. The lowest BCUT2D eigenvalue weighted by molar-refractivity contribution is 0.0515. The summed E-state index contributed by atoms with van der Waals surface area (Å²) >= 11 is 12.3. The number of fused-ring (bicyclic) bond motifs is 1. The third-order valence-electron chi connectivity index (χ3n) is 5.32. The fraction of sp³-hybridized carbons (Fsp3) is 0.182. The largest absolute Gasteiger partial charge is 0.459 e. The summed E-state index contributed by atoms with van der Waals surface area (Å²) in [6.07, 6.45) is 3.12. The smallest absolute Gasteiger partial charge is 0.289 e. The highest BCUT2D eigenvalue weighted by atomic mass is 35.5. The molecule has 0 unspecified atom stereocenters. The molecule has 5 rings (SSSR count). The number of hydrogen-bond acceptors (Lipinski definition) is 5. The molecule has 0 aliphatic carbocycles. The molecule has 8 nitrogen and oxygen atoms in total. The molecule has 1 aliphatic rings. The lowest BCUT2D eigenvalue weighted by Gasteiger charge is -2.33. The van der Waals surface area contributed by atoms with E-state index in [-0.39, 0.29) is 17.5 Å². The average Bonchev–Trinajstić information content (AvgIpc) is 3.47. The number of rotatable bonds is 3. The van der Waals surface area contributed by atoms with Crippen LogP contribution in [0.1, 0.15) is 21.0 Å². The number of carbonyl (C=O) groups is 2. The van der Waals surface area contributed by atoms with Crippen molar-refractivity contribution in [3.8, 4) is 11.3 Å². The van der Waals surface area contributed by atoms with Gasteiger partial charge in [0.1, 0.15) is 0 Å². The molecule has 0 N–H and O–H groups in total. The standard InChI is InChI=1S/C22H17Cl2N5O3/c23-15-10-14(11-16(24)12-15)18-3-4-25-20-13-17(26-29(18)20)21(30)27-5-7-28(8-6-27)22(31)19-2-1-9-32-19/h1-4,9-13H,5-8H2. The second-order valence-electron chi connectivity index (χ2n) is 7.35. The van der Waals surface area contributed by atoms with Gasteiger partial charge in [-0.3, -0.25) is 9.59 Å². The van der Waals surface area contributed by atoms with Crippen molar-refractivity contribution in [3.63, 3.8) is 0 Å². The summed E-state index contributed by atoms with van der Waals surface area (Å²) in [6, 6.07) is 12.0. The maximum absolute atomic E-state index is 13.1. The van der Waals surface area contributed by atoms with Gasteiger partial charge >= 0.3 is 0 Å². The molecular formula is C22H17Cl2N5O3. The number of aromatic nitrogens is 3. The van der Waals surface area contributed by atoms with Crippen LogP contribution < -0.4 is 0 Å². The van der Waals surface area contributed by atoms with Crippen molar-refractivity contribution in [1.82, 2.24) is 24.4 Å². The quantitative estimate of drug-likeness (QED) is 0.454. The third-order valence-corrected chi connectivity index (χ3v) is 5.76. The second kappa shape index (κ2) is 8.29. The van der Waals surface area contributed by atoms with Crippen molar-refractivity contribution in [3.05, 3.63) is 76.4 Å². The van der Waals surface area contributed by atoms with Crippen molar-refractivity contribution in [2.45, 2.75) is 0 Å². The Kier molecular flexibility index (Phi) is 5.32. The van der Waals surface area contributed by atoms with E-state index in [0.717, 1.165) is 5.56 Å². The Morgan fingerprint density at radius 3 is 2.25 bits per heavy atom. The molecule has 32 heavy (non-hydrogen) atoms. The molecule has 0 radical (unpaired) electrons. The van der Waals surface area contributed by atoms with E-state index < -0.39 is 0 Å². The zero-order valence-electron chi connectivity index (χ0n) is 16.7. The van der Waals surface area contributed by atoms with E-state index in [1.807, 2.05) is 0 Å². The molecule has 4 heterocycles. The van der Waals surface area contributed by atoms with Crippen LogP contribution in [-0.2, 0) is 0 Å². The van der Waals surface area contributed by atoms with Crippen LogP contribution in [0.15, 0.2) is 59.3 Å². The van der Waals surface area contributed by atoms with E-state index >= 15 is 0 Å². The lowest BCUT2D eigenvalue weighted by Crippen LogP contribution is -2.50. The summed E-state index contributed by atoms with van der Waals surface area (Å²) in [5.74, 6) is -0.0932. The molecule has 1 saturated heterocycles. The minimum Gasteiger partial charge on any atom is -0.459 e. The van der Waals surface area contributed by atoms with Gasteiger partial charge in [0.25, 0.3) is 11.8 Å². The Bertz CT molecular complexity index is 1290. The first kappa shape index (κ1) is 20.5. The maximum atomic E-state index is 13.1. The van der Waals surface area contributed by atoms with E-state index in [1.165, 1.54) is 6.26 Å². The molecule has 0 atom stereocenters. The van der Waals surface area contributed by atoms with Gasteiger partial charge in [0.15, 0.2) is 17.1 Å². The molecule has 0 saturated carbocycles. The Morgan fingerprint density at radius 2 is 1.59 bits per heavy atom. The first-order valence-corrected chi connectivity index (χ1v) is 10.7. The minimum absolute atomic E-state index is 0.177. The SMILES string of the molecule is O=C(c1cc2nccc(-c3cc(Cl)cc(Cl)c3)n2n1)N1CCN(C(=O)c2ccco2)CC1. The van der Waals surface area contributed by atoms with E-state index in [4.69, 9.17) is 27.6 Å². The number of benzene rings is 1. The topological polar surface area (TPSA) is 84.0 Å². The number of halogens is 2. The Labute approximate surface area is 192 Å². The average molecular weight is 470 g/mol. The van der Waals surface area contributed by atoms with Crippen LogP contribution in [0, 0.1) is 0 Å². The number of nitrogens with zero attached hydrogens (tertiary/aromatic N) is 5. The van der Waals surface area contributed by atoms with Crippen LogP contribution in [0.25, 0.3) is 16.9 Å². The first-order valence-electron chi connectivity index (χ1n) is 9.93. The summed E-state index contributed by atoms with van der Waals surface area (Å²) in [4.78, 5) is 33.2. The molecule has 1 aliphatic heterocycles. The molecule has 0 spiro atoms. The van der Waals surface area contributed by atoms with Crippen molar-refractivity contribution in [1.29, 1.82) is 0 Å². The van der Waals surface area contributed by atoms with Gasteiger partial charge < -0.3 is 14.2 Å². The highest BCUT2D eigenvalue weighted by Gasteiger charge is 2.28. The van der Waals surface area contributed by atoms with E-state index in [9.17, 15) is 9.59 Å². The van der Waals surface area contributed by atoms with Gasteiger partial charge in [0.05, 0.1) is 12.0 Å². The van der Waals surface area contributed by atoms with Gasteiger partial charge in [-0.25, -0.2) is 9.50 Å². The summed E-state index contributed by atoms with van der Waals surface area (Å²) in [5.41, 5.74) is 2.30. The molecule has 1 fully saturated rings. The molecule has 1 aromatic carbocycles. The first-order chi connectivity index (χ1) is 15.5. The zero-order chi connectivity index (χ0) is 22.2. The maximum Gasteiger partial charge on any atom is 0.289 e. The van der Waals surface area contributed by atoms with Crippen molar-refractivity contribution in [2.24, 2.45) is 0 Å².